The smallest absolute Gasteiger partial charge is 0.163 e. The Bertz CT molecular complexity index is 700. The summed E-state index contributed by atoms with van der Waals surface area (Å²) in [6.07, 6.45) is 8.10. The lowest BCUT2D eigenvalue weighted by Gasteiger charge is -2.37. The average molecular weight is 323 g/mol. The third kappa shape index (κ3) is 3.50. The third-order valence-corrected chi connectivity index (χ3v) is 5.23. The van der Waals surface area contributed by atoms with Crippen molar-refractivity contribution in [2.45, 2.75) is 50.9 Å². The molecule has 1 heterocycles. The van der Waals surface area contributed by atoms with E-state index in [0.29, 0.717) is 6.42 Å². The molecule has 1 saturated carbocycles. The predicted molar refractivity (Wildman–Crippen MR) is 95.7 cm³/mol. The van der Waals surface area contributed by atoms with E-state index in [1.165, 1.54) is 24.8 Å². The molecule has 0 N–H and O–H groups in total. The maximum atomic E-state index is 12.9. The van der Waals surface area contributed by atoms with Crippen molar-refractivity contribution in [2.24, 2.45) is 0 Å². The number of nitrogens with zero attached hydrogens (tertiary/aromatic N) is 1. The van der Waals surface area contributed by atoms with E-state index < -0.39 is 0 Å². The molecule has 0 aliphatic heterocycles. The number of pyridine rings is 1. The Morgan fingerprint density at radius 3 is 2.46 bits per heavy atom. The van der Waals surface area contributed by atoms with E-state index in [1.807, 2.05) is 31.2 Å². The minimum absolute atomic E-state index is 0.0429. The van der Waals surface area contributed by atoms with E-state index in [-0.39, 0.29) is 11.2 Å². The summed E-state index contributed by atoms with van der Waals surface area (Å²) in [5.41, 5.74) is 2.89. The topological polar surface area (TPSA) is 39.2 Å². The second-order valence-electron chi connectivity index (χ2n) is 6.86. The number of hydrogen-bond acceptors (Lipinski definition) is 3. The molecule has 3 rings (SSSR count). The first-order valence-corrected chi connectivity index (χ1v) is 8.73. The standard InChI is InChI=1S/C21H25NO2/c1-16-14-17(10-13-22-16)20(23)15-21(11-4-3-5-12-21)18-6-8-19(24-2)9-7-18/h6-10,13-14H,3-5,11-12,15H2,1-2H3. The van der Waals surface area contributed by atoms with Crippen LogP contribution in [0, 0.1) is 6.92 Å². The Morgan fingerprint density at radius 1 is 1.12 bits per heavy atom. The molecule has 0 amide bonds. The van der Waals surface area contributed by atoms with E-state index in [2.05, 4.69) is 17.1 Å². The molecule has 126 valence electrons. The number of rotatable bonds is 5. The lowest BCUT2D eigenvalue weighted by atomic mass is 9.66. The molecule has 0 spiro atoms. The molecule has 0 radical (unpaired) electrons. The van der Waals surface area contributed by atoms with Gasteiger partial charge in [-0.3, -0.25) is 9.78 Å². The van der Waals surface area contributed by atoms with Crippen molar-refractivity contribution in [3.63, 3.8) is 0 Å². The predicted octanol–water partition coefficient (Wildman–Crippen LogP) is 4.87. The van der Waals surface area contributed by atoms with E-state index in [1.54, 1.807) is 13.3 Å². The Balaban J connectivity index is 1.89. The number of Topliss-reactive ketones (excluding diaryl/α,β-unsaturated/α-hetero) is 1. The zero-order valence-corrected chi connectivity index (χ0v) is 14.5. The van der Waals surface area contributed by atoms with Gasteiger partial charge in [0, 0.05) is 29.3 Å². The third-order valence-electron chi connectivity index (χ3n) is 5.23. The van der Waals surface area contributed by atoms with Gasteiger partial charge in [-0.25, -0.2) is 0 Å². The highest BCUT2D eigenvalue weighted by atomic mass is 16.5. The van der Waals surface area contributed by atoms with Gasteiger partial charge in [0.05, 0.1) is 7.11 Å². The summed E-state index contributed by atoms with van der Waals surface area (Å²) in [6.45, 7) is 1.93. The van der Waals surface area contributed by atoms with Gasteiger partial charge in [0.25, 0.3) is 0 Å². The van der Waals surface area contributed by atoms with E-state index in [4.69, 9.17) is 4.74 Å². The first-order valence-electron chi connectivity index (χ1n) is 8.73. The van der Waals surface area contributed by atoms with Crippen LogP contribution < -0.4 is 4.74 Å². The number of ketones is 1. The Hall–Kier alpha value is -2.16. The van der Waals surface area contributed by atoms with Crippen LogP contribution in [0.1, 0.15) is 60.1 Å². The molecule has 0 unspecified atom stereocenters. The van der Waals surface area contributed by atoms with Crippen LogP contribution in [0.4, 0.5) is 0 Å². The quantitative estimate of drug-likeness (QED) is 0.737. The Morgan fingerprint density at radius 2 is 1.83 bits per heavy atom. The number of ether oxygens (including phenoxy) is 1. The van der Waals surface area contributed by atoms with E-state index in [9.17, 15) is 4.79 Å². The van der Waals surface area contributed by atoms with Gasteiger partial charge in [-0.15, -0.1) is 0 Å². The van der Waals surface area contributed by atoms with Crippen LogP contribution in [-0.2, 0) is 5.41 Å². The molecule has 1 fully saturated rings. The van der Waals surface area contributed by atoms with Gasteiger partial charge in [-0.05, 0) is 49.6 Å². The van der Waals surface area contributed by atoms with Crippen molar-refractivity contribution >= 4 is 5.78 Å². The molecule has 3 nitrogen and oxygen atoms in total. The van der Waals surface area contributed by atoms with Gasteiger partial charge in [0.2, 0.25) is 0 Å². The highest BCUT2D eigenvalue weighted by Gasteiger charge is 2.36. The number of benzene rings is 1. The number of carbonyl (C=O) groups is 1. The fourth-order valence-corrected chi connectivity index (χ4v) is 3.87. The highest BCUT2D eigenvalue weighted by Crippen LogP contribution is 2.43. The fraction of sp³-hybridized carbons (Fsp3) is 0.429. The molecule has 0 saturated heterocycles. The Labute approximate surface area is 144 Å². The summed E-state index contributed by atoms with van der Waals surface area (Å²) in [4.78, 5) is 17.1. The van der Waals surface area contributed by atoms with Gasteiger partial charge in [0.1, 0.15) is 5.75 Å². The maximum Gasteiger partial charge on any atom is 0.163 e. The minimum atomic E-state index is -0.0429. The van der Waals surface area contributed by atoms with Gasteiger partial charge in [-0.1, -0.05) is 31.4 Å². The average Bonchev–Trinajstić information content (AvgIpc) is 2.62. The molecule has 2 aromatic rings. The molecule has 1 aromatic carbocycles. The molecular weight excluding hydrogens is 298 g/mol. The normalized spacial score (nSPS) is 16.6. The summed E-state index contributed by atoms with van der Waals surface area (Å²) in [5.74, 6) is 1.08. The van der Waals surface area contributed by atoms with E-state index >= 15 is 0 Å². The molecular formula is C21H25NO2. The fourth-order valence-electron chi connectivity index (χ4n) is 3.87. The van der Waals surface area contributed by atoms with Crippen LogP contribution in [0.2, 0.25) is 0 Å². The van der Waals surface area contributed by atoms with Crippen LogP contribution in [0.5, 0.6) is 5.75 Å². The van der Waals surface area contributed by atoms with Gasteiger partial charge < -0.3 is 4.74 Å². The number of aromatic nitrogens is 1. The van der Waals surface area contributed by atoms with E-state index in [0.717, 1.165) is 29.8 Å². The summed E-state index contributed by atoms with van der Waals surface area (Å²) in [6, 6.07) is 12.0. The molecule has 1 aliphatic carbocycles. The summed E-state index contributed by atoms with van der Waals surface area (Å²) < 4.78 is 5.28. The molecule has 1 aliphatic rings. The molecule has 0 atom stereocenters. The van der Waals surface area contributed by atoms with Crippen LogP contribution in [0.15, 0.2) is 42.6 Å². The van der Waals surface area contributed by atoms with Crippen LogP contribution >= 0.6 is 0 Å². The van der Waals surface area contributed by atoms with Crippen molar-refractivity contribution in [1.82, 2.24) is 4.98 Å². The van der Waals surface area contributed by atoms with Crippen LogP contribution in [0.3, 0.4) is 0 Å². The van der Waals surface area contributed by atoms with Crippen molar-refractivity contribution in [2.75, 3.05) is 7.11 Å². The van der Waals surface area contributed by atoms with Crippen molar-refractivity contribution in [3.8, 4) is 5.75 Å². The lowest BCUT2D eigenvalue weighted by Crippen LogP contribution is -2.32. The van der Waals surface area contributed by atoms with Crippen LogP contribution in [-0.4, -0.2) is 17.9 Å². The molecule has 3 heteroatoms. The summed E-state index contributed by atoms with van der Waals surface area (Å²) >= 11 is 0. The SMILES string of the molecule is COc1ccc(C2(CC(=O)c3ccnc(C)c3)CCCCC2)cc1. The zero-order chi connectivity index (χ0) is 17.0. The number of aryl methyl sites for hydroxylation is 1. The number of methoxy groups -OCH3 is 1. The first-order chi connectivity index (χ1) is 11.6. The number of carbonyl (C=O) groups excluding carboxylic acids is 1. The van der Waals surface area contributed by atoms with Crippen molar-refractivity contribution in [1.29, 1.82) is 0 Å². The lowest BCUT2D eigenvalue weighted by molar-refractivity contribution is 0.0930. The largest absolute Gasteiger partial charge is 0.497 e. The van der Waals surface area contributed by atoms with Crippen LogP contribution in [0.25, 0.3) is 0 Å². The summed E-state index contributed by atoms with van der Waals surface area (Å²) in [7, 11) is 1.68. The molecule has 1 aromatic heterocycles. The highest BCUT2D eigenvalue weighted by molar-refractivity contribution is 5.97. The zero-order valence-electron chi connectivity index (χ0n) is 14.5. The van der Waals surface area contributed by atoms with Gasteiger partial charge >= 0.3 is 0 Å². The minimum Gasteiger partial charge on any atom is -0.497 e. The molecule has 24 heavy (non-hydrogen) atoms. The Kier molecular flexibility index (Phi) is 4.98. The first kappa shape index (κ1) is 16.7. The van der Waals surface area contributed by atoms with Crippen molar-refractivity contribution in [3.05, 3.63) is 59.4 Å². The summed E-state index contributed by atoms with van der Waals surface area (Å²) in [5, 5.41) is 0. The maximum absolute atomic E-state index is 12.9. The van der Waals surface area contributed by atoms with Gasteiger partial charge in [-0.2, -0.15) is 0 Å². The second kappa shape index (κ2) is 7.16. The molecule has 0 bridgehead atoms. The second-order valence-corrected chi connectivity index (χ2v) is 6.86. The van der Waals surface area contributed by atoms with Gasteiger partial charge in [0.15, 0.2) is 5.78 Å². The van der Waals surface area contributed by atoms with Crippen molar-refractivity contribution < 1.29 is 9.53 Å². The number of hydrogen-bond donors (Lipinski definition) is 0. The monoisotopic (exact) mass is 323 g/mol.